The Morgan fingerprint density at radius 1 is 1.73 bits per heavy atom. The van der Waals surface area contributed by atoms with Crippen molar-refractivity contribution in [2.24, 2.45) is 0 Å². The van der Waals surface area contributed by atoms with Crippen molar-refractivity contribution < 1.29 is 9.53 Å². The van der Waals surface area contributed by atoms with E-state index in [1.165, 1.54) is 19.4 Å². The second-order valence-corrected chi connectivity index (χ2v) is 1.97. The number of pyridine rings is 1. The van der Waals surface area contributed by atoms with Crippen molar-refractivity contribution in [3.63, 3.8) is 0 Å². The quantitative estimate of drug-likeness (QED) is 0.425. The first-order valence-corrected chi connectivity index (χ1v) is 3.02. The summed E-state index contributed by atoms with van der Waals surface area (Å²) in [4.78, 5) is 14.1. The van der Waals surface area contributed by atoms with E-state index in [-0.39, 0.29) is 0 Å². The predicted molar refractivity (Wildman–Crippen MR) is 41.6 cm³/mol. The number of rotatable bonds is 2. The molecule has 0 saturated carbocycles. The topological polar surface area (TPSA) is 39.2 Å². The van der Waals surface area contributed by atoms with E-state index in [9.17, 15) is 4.79 Å². The highest BCUT2D eigenvalue weighted by Crippen LogP contribution is 2.03. The number of ether oxygens (including phenoxy) is 1. The molecule has 0 atom stereocenters. The zero-order chi connectivity index (χ0) is 8.27. The summed E-state index contributed by atoms with van der Waals surface area (Å²) in [5.41, 5.74) is 0.762. The molecule has 3 nitrogen and oxygen atoms in total. The molecule has 0 N–H and O–H groups in total. The Kier molecular flexibility index (Phi) is 2.26. The minimum atomic E-state index is 0.362. The fraction of sp³-hybridized carbons (Fsp3) is 0.143. The minimum absolute atomic E-state index is 0.362. The minimum Gasteiger partial charge on any atom is -0.481 e. The van der Waals surface area contributed by atoms with E-state index in [2.05, 4.69) is 4.98 Å². The van der Waals surface area contributed by atoms with Gasteiger partial charge in [-0.2, -0.15) is 0 Å². The molecule has 54 valence electrons. The molecule has 0 amide bonds. The maximum atomic E-state index is 10.3. The van der Waals surface area contributed by atoms with E-state index in [4.69, 9.17) is 12.6 Å². The van der Waals surface area contributed by atoms with E-state index in [0.29, 0.717) is 23.2 Å². The van der Waals surface area contributed by atoms with Crippen molar-refractivity contribution in [1.82, 2.24) is 4.98 Å². The van der Waals surface area contributed by atoms with Crippen LogP contribution in [0, 0.1) is 0 Å². The Labute approximate surface area is 65.8 Å². The van der Waals surface area contributed by atoms with Crippen LogP contribution < -0.4 is 10.2 Å². The molecule has 0 fully saturated rings. The largest absolute Gasteiger partial charge is 0.481 e. The number of aldehydes is 1. The van der Waals surface area contributed by atoms with Crippen LogP contribution in [0.1, 0.15) is 10.4 Å². The first-order chi connectivity index (χ1) is 5.27. The molecule has 0 saturated heterocycles. The van der Waals surface area contributed by atoms with E-state index in [1.54, 1.807) is 0 Å². The highest BCUT2D eigenvalue weighted by molar-refractivity contribution is 6.35. The third-order valence-corrected chi connectivity index (χ3v) is 1.28. The average Bonchev–Trinajstić information content (AvgIpc) is 2.05. The summed E-state index contributed by atoms with van der Waals surface area (Å²) in [7, 11) is 6.88. The Bertz CT molecular complexity index is 275. The Morgan fingerprint density at radius 3 is 3.00 bits per heavy atom. The Morgan fingerprint density at radius 2 is 2.45 bits per heavy atom. The monoisotopic (exact) mass is 147 g/mol. The van der Waals surface area contributed by atoms with Crippen LogP contribution in [0.5, 0.6) is 5.88 Å². The second kappa shape index (κ2) is 3.19. The highest BCUT2D eigenvalue weighted by Gasteiger charge is 1.98. The molecule has 1 heterocycles. The Balaban J connectivity index is 3.12. The molecule has 0 aliphatic carbocycles. The normalized spacial score (nSPS) is 9.18. The van der Waals surface area contributed by atoms with Gasteiger partial charge in [0.25, 0.3) is 0 Å². The van der Waals surface area contributed by atoms with Gasteiger partial charge in [-0.05, 0) is 0 Å². The molecule has 11 heavy (non-hydrogen) atoms. The summed E-state index contributed by atoms with van der Waals surface area (Å²) in [6.07, 6.45) is 2.06. The zero-order valence-corrected chi connectivity index (χ0v) is 6.07. The smallest absolute Gasteiger partial charge is 0.213 e. The molecule has 4 heteroatoms. The highest BCUT2D eigenvalue weighted by atomic mass is 16.5. The van der Waals surface area contributed by atoms with Crippen molar-refractivity contribution in [3.05, 3.63) is 17.8 Å². The van der Waals surface area contributed by atoms with Crippen molar-refractivity contribution >= 4 is 19.6 Å². The lowest BCUT2D eigenvalue weighted by molar-refractivity contribution is 0.112. The lowest BCUT2D eigenvalue weighted by Crippen LogP contribution is -2.10. The van der Waals surface area contributed by atoms with Crippen LogP contribution in [0.15, 0.2) is 12.3 Å². The number of carbonyl (C=O) groups is 1. The van der Waals surface area contributed by atoms with Crippen LogP contribution in [-0.4, -0.2) is 26.2 Å². The molecule has 1 aromatic heterocycles. The van der Waals surface area contributed by atoms with Crippen LogP contribution >= 0.6 is 0 Å². The third kappa shape index (κ3) is 1.58. The molecule has 0 aliphatic heterocycles. The Hall–Kier alpha value is -1.32. The van der Waals surface area contributed by atoms with E-state index < -0.39 is 0 Å². The van der Waals surface area contributed by atoms with Gasteiger partial charge in [-0.25, -0.2) is 4.98 Å². The van der Waals surface area contributed by atoms with Crippen molar-refractivity contribution in [2.45, 2.75) is 0 Å². The molecular weight excluding hydrogens is 141 g/mol. The maximum absolute atomic E-state index is 10.3. The first-order valence-electron chi connectivity index (χ1n) is 3.02. The lowest BCUT2D eigenvalue weighted by atomic mass is 9.93. The maximum Gasteiger partial charge on any atom is 0.213 e. The van der Waals surface area contributed by atoms with Crippen molar-refractivity contribution in [3.8, 4) is 5.88 Å². The van der Waals surface area contributed by atoms with Crippen LogP contribution in [0.4, 0.5) is 0 Å². The van der Waals surface area contributed by atoms with E-state index >= 15 is 0 Å². The van der Waals surface area contributed by atoms with Gasteiger partial charge in [-0.15, -0.1) is 0 Å². The lowest BCUT2D eigenvalue weighted by Gasteiger charge is -2.00. The fourth-order valence-corrected chi connectivity index (χ4v) is 0.675. The fourth-order valence-electron chi connectivity index (χ4n) is 0.675. The van der Waals surface area contributed by atoms with Gasteiger partial charge in [0.05, 0.1) is 7.11 Å². The first kappa shape index (κ1) is 7.79. The van der Waals surface area contributed by atoms with Gasteiger partial charge in [-0.1, -0.05) is 5.46 Å². The molecule has 0 unspecified atom stereocenters. The summed E-state index contributed by atoms with van der Waals surface area (Å²) in [5, 5.41) is 0. The zero-order valence-electron chi connectivity index (χ0n) is 6.07. The van der Waals surface area contributed by atoms with Crippen LogP contribution in [0.2, 0.25) is 0 Å². The third-order valence-electron chi connectivity index (χ3n) is 1.28. The molecular formula is C7H6BNO2. The van der Waals surface area contributed by atoms with Gasteiger partial charge < -0.3 is 4.74 Å². The number of carbonyl (C=O) groups excluding carboxylic acids is 1. The number of nitrogens with zero attached hydrogens (tertiary/aromatic N) is 1. The second-order valence-electron chi connectivity index (χ2n) is 1.97. The summed E-state index contributed by atoms with van der Waals surface area (Å²) in [5.74, 6) is 0.390. The van der Waals surface area contributed by atoms with Crippen LogP contribution in [0.25, 0.3) is 0 Å². The standard InChI is InChI=1S/C7H6BNO2/c1-11-7-2-5(4-10)6(8)3-9-7/h2-4H,1H3. The van der Waals surface area contributed by atoms with Gasteiger partial charge >= 0.3 is 0 Å². The van der Waals surface area contributed by atoms with Gasteiger partial charge in [-0.3, -0.25) is 4.79 Å². The van der Waals surface area contributed by atoms with E-state index in [1.807, 2.05) is 0 Å². The summed E-state index contributed by atoms with van der Waals surface area (Å²) >= 11 is 0. The molecule has 0 bridgehead atoms. The SMILES string of the molecule is [B]c1cnc(OC)cc1C=O. The molecule has 0 aromatic carbocycles. The predicted octanol–water partition coefficient (Wildman–Crippen LogP) is -0.303. The molecule has 1 aromatic rings. The number of aromatic nitrogens is 1. The van der Waals surface area contributed by atoms with Gasteiger partial charge in [0.1, 0.15) is 14.1 Å². The van der Waals surface area contributed by atoms with Crippen molar-refractivity contribution in [2.75, 3.05) is 7.11 Å². The molecule has 2 radical (unpaired) electrons. The number of hydrogen-bond donors (Lipinski definition) is 0. The van der Waals surface area contributed by atoms with E-state index in [0.717, 1.165) is 0 Å². The summed E-state index contributed by atoms with van der Waals surface area (Å²) < 4.78 is 4.79. The molecule has 0 aliphatic rings. The summed E-state index contributed by atoms with van der Waals surface area (Å²) in [6, 6.07) is 1.49. The van der Waals surface area contributed by atoms with Gasteiger partial charge in [0.15, 0.2) is 0 Å². The molecule has 0 spiro atoms. The van der Waals surface area contributed by atoms with Crippen LogP contribution in [0.3, 0.4) is 0 Å². The number of methoxy groups -OCH3 is 1. The van der Waals surface area contributed by atoms with Gasteiger partial charge in [0.2, 0.25) is 5.88 Å². The summed E-state index contributed by atoms with van der Waals surface area (Å²) in [6.45, 7) is 0. The number of hydrogen-bond acceptors (Lipinski definition) is 3. The van der Waals surface area contributed by atoms with Crippen LogP contribution in [-0.2, 0) is 0 Å². The van der Waals surface area contributed by atoms with Crippen molar-refractivity contribution in [1.29, 1.82) is 0 Å². The van der Waals surface area contributed by atoms with Gasteiger partial charge in [0, 0.05) is 17.8 Å². The molecule has 1 rings (SSSR count). The average molecular weight is 147 g/mol.